The van der Waals surface area contributed by atoms with Gasteiger partial charge in [-0.25, -0.2) is 0 Å². The summed E-state index contributed by atoms with van der Waals surface area (Å²) < 4.78 is 2.87. The van der Waals surface area contributed by atoms with Gasteiger partial charge in [-0.2, -0.15) is 0 Å². The molecule has 0 saturated heterocycles. The van der Waals surface area contributed by atoms with E-state index in [2.05, 4.69) is 49.1 Å². The van der Waals surface area contributed by atoms with E-state index in [0.29, 0.717) is 14.5 Å². The van der Waals surface area contributed by atoms with E-state index < -0.39 is 5.60 Å². The normalized spacial score (nSPS) is 11.0. The Bertz CT molecular complexity index is 636. The van der Waals surface area contributed by atoms with E-state index in [0.717, 1.165) is 12.0 Å². The molecule has 1 N–H and O–H groups in total. The third-order valence-electron chi connectivity index (χ3n) is 3.13. The summed E-state index contributed by atoms with van der Waals surface area (Å²) in [7, 11) is 0. The molecule has 2 heteroatoms. The van der Waals surface area contributed by atoms with Crippen molar-refractivity contribution in [2.24, 2.45) is 0 Å². The van der Waals surface area contributed by atoms with E-state index in [-0.39, 0.29) is 0 Å². The first-order valence-corrected chi connectivity index (χ1v) is 9.14. The van der Waals surface area contributed by atoms with Gasteiger partial charge < -0.3 is 0 Å². The maximum absolute atomic E-state index is 9.81. The summed E-state index contributed by atoms with van der Waals surface area (Å²) in [5.74, 6) is 6.15. The number of aryl methyl sites for hydroxylation is 1. The van der Waals surface area contributed by atoms with Crippen molar-refractivity contribution in [3.63, 3.8) is 0 Å². The van der Waals surface area contributed by atoms with Crippen LogP contribution >= 0.6 is 0 Å². The van der Waals surface area contributed by atoms with Crippen LogP contribution in [0.25, 0.3) is 10.0 Å². The van der Waals surface area contributed by atoms with Crippen LogP contribution in [0.5, 0.6) is 0 Å². The van der Waals surface area contributed by atoms with Crippen molar-refractivity contribution in [3.05, 3.63) is 46.4 Å². The first-order chi connectivity index (χ1) is 9.99. The van der Waals surface area contributed by atoms with Crippen LogP contribution in [-0.4, -0.2) is 25.2 Å². The Kier molecular flexibility index (Phi) is 5.48. The number of hydrogen-bond donors (Lipinski definition) is 1. The first kappa shape index (κ1) is 16.1. The van der Waals surface area contributed by atoms with Gasteiger partial charge in [0.1, 0.15) is 0 Å². The molecule has 0 aliphatic rings. The van der Waals surface area contributed by atoms with Crippen molar-refractivity contribution < 1.29 is 5.11 Å². The molecule has 0 amide bonds. The molecule has 1 heterocycles. The zero-order valence-electron chi connectivity index (χ0n) is 12.9. The molecule has 0 bridgehead atoms. The van der Waals surface area contributed by atoms with Crippen molar-refractivity contribution in [1.82, 2.24) is 0 Å². The summed E-state index contributed by atoms with van der Waals surface area (Å²) in [6.45, 7) is 5.68. The Labute approximate surface area is 133 Å². The zero-order valence-corrected chi connectivity index (χ0v) is 14.7. The fraction of sp³-hybridized carbons (Fsp3) is 0.368. The van der Waals surface area contributed by atoms with Gasteiger partial charge in [0, 0.05) is 0 Å². The van der Waals surface area contributed by atoms with Crippen LogP contribution in [0.15, 0.2) is 36.4 Å². The van der Waals surface area contributed by atoms with Gasteiger partial charge in [-0.1, -0.05) is 0 Å². The molecule has 0 aliphatic carbocycles. The van der Waals surface area contributed by atoms with Crippen LogP contribution in [0.2, 0.25) is 0 Å². The van der Waals surface area contributed by atoms with E-state index in [9.17, 15) is 5.11 Å². The minimum atomic E-state index is -0.931. The van der Waals surface area contributed by atoms with Gasteiger partial charge in [-0.15, -0.1) is 0 Å². The van der Waals surface area contributed by atoms with Gasteiger partial charge in [-0.3, -0.25) is 0 Å². The van der Waals surface area contributed by atoms with Gasteiger partial charge >= 0.3 is 133 Å². The molecule has 0 saturated carbocycles. The third kappa shape index (κ3) is 4.90. The van der Waals surface area contributed by atoms with Gasteiger partial charge in [0.25, 0.3) is 0 Å². The molecule has 2 rings (SSSR count). The van der Waals surface area contributed by atoms with Crippen molar-refractivity contribution in [2.45, 2.75) is 45.6 Å². The first-order valence-electron chi connectivity index (χ1n) is 7.43. The molecule has 21 heavy (non-hydrogen) atoms. The molecule has 0 unspecified atom stereocenters. The number of hydrogen-bond acceptors (Lipinski definition) is 1. The second-order valence-corrected chi connectivity index (χ2v) is 8.11. The summed E-state index contributed by atoms with van der Waals surface area (Å²) in [5.41, 5.74) is 1.50. The molecule has 0 atom stereocenters. The van der Waals surface area contributed by atoms with Crippen molar-refractivity contribution >= 4 is 14.5 Å². The van der Waals surface area contributed by atoms with E-state index in [1.165, 1.54) is 27.3 Å². The zero-order chi connectivity index (χ0) is 15.3. The van der Waals surface area contributed by atoms with Crippen molar-refractivity contribution in [2.75, 3.05) is 0 Å². The summed E-state index contributed by atoms with van der Waals surface area (Å²) in [6.07, 6.45) is 3.53. The summed E-state index contributed by atoms with van der Waals surface area (Å²) in [6, 6.07) is 12.8. The van der Waals surface area contributed by atoms with Gasteiger partial charge in [0.15, 0.2) is 0 Å². The van der Waals surface area contributed by atoms with E-state index in [4.69, 9.17) is 0 Å². The van der Waals surface area contributed by atoms with Crippen LogP contribution in [0.3, 0.4) is 0 Å². The van der Waals surface area contributed by atoms with Gasteiger partial charge in [0.05, 0.1) is 0 Å². The molecule has 0 spiro atoms. The van der Waals surface area contributed by atoms with E-state index >= 15 is 0 Å². The molecule has 1 aromatic heterocycles. The standard InChI is InChI=1S/C19H22OSe/c1-4-5-11-17-16(12-13-19(2,3)20)14-18(21-17)15-9-7-6-8-10-15/h6-10,14,20H,4-5,11H2,1-3H3. The number of unbranched alkanes of at least 4 members (excludes halogenated alkanes) is 1. The molecule has 110 valence electrons. The van der Waals surface area contributed by atoms with Gasteiger partial charge in [0.2, 0.25) is 0 Å². The number of aliphatic hydroxyl groups is 1. The fourth-order valence-corrected chi connectivity index (χ4v) is 4.46. The minimum absolute atomic E-state index is 0.361. The third-order valence-corrected chi connectivity index (χ3v) is 5.74. The predicted molar refractivity (Wildman–Crippen MR) is 90.6 cm³/mol. The van der Waals surface area contributed by atoms with Crippen molar-refractivity contribution in [1.29, 1.82) is 0 Å². The molecule has 1 nitrogen and oxygen atoms in total. The fourth-order valence-electron chi connectivity index (χ4n) is 2.02. The predicted octanol–water partition coefficient (Wildman–Crippen LogP) is 3.88. The second-order valence-electron chi connectivity index (χ2n) is 5.73. The summed E-state index contributed by atoms with van der Waals surface area (Å²) in [5, 5.41) is 9.81. The summed E-state index contributed by atoms with van der Waals surface area (Å²) >= 11 is 0.361. The second kappa shape index (κ2) is 7.14. The monoisotopic (exact) mass is 346 g/mol. The molecule has 0 fully saturated rings. The number of rotatable bonds is 4. The van der Waals surface area contributed by atoms with E-state index in [1.807, 2.05) is 6.07 Å². The number of benzene rings is 1. The Morgan fingerprint density at radius 1 is 1.19 bits per heavy atom. The maximum atomic E-state index is 9.81. The Morgan fingerprint density at radius 2 is 1.90 bits per heavy atom. The molecule has 1 aromatic carbocycles. The Morgan fingerprint density at radius 3 is 2.52 bits per heavy atom. The molecular formula is C19H22OSe. The van der Waals surface area contributed by atoms with Gasteiger partial charge in [-0.05, 0) is 0 Å². The van der Waals surface area contributed by atoms with E-state index in [1.54, 1.807) is 13.8 Å². The Balaban J connectivity index is 2.37. The van der Waals surface area contributed by atoms with Crippen LogP contribution in [-0.2, 0) is 6.42 Å². The Hall–Kier alpha value is -1.26. The summed E-state index contributed by atoms with van der Waals surface area (Å²) in [4.78, 5) is 0. The average Bonchev–Trinajstić information content (AvgIpc) is 2.86. The van der Waals surface area contributed by atoms with Crippen LogP contribution in [0.4, 0.5) is 0 Å². The van der Waals surface area contributed by atoms with Crippen molar-refractivity contribution in [3.8, 4) is 21.8 Å². The van der Waals surface area contributed by atoms with Crippen LogP contribution in [0.1, 0.15) is 43.6 Å². The SMILES string of the molecule is CCCCc1[se]c(-c2ccccc2)cc1C#CC(C)(C)O. The van der Waals surface area contributed by atoms with Crippen LogP contribution in [0, 0.1) is 11.8 Å². The van der Waals surface area contributed by atoms with Crippen LogP contribution < -0.4 is 0 Å². The quantitative estimate of drug-likeness (QED) is 0.659. The average molecular weight is 345 g/mol. The molecule has 2 aromatic rings. The molecule has 0 aliphatic heterocycles. The topological polar surface area (TPSA) is 20.2 Å². The molecule has 0 radical (unpaired) electrons. The molecular weight excluding hydrogens is 323 g/mol.